The minimum absolute atomic E-state index is 0.0233. The summed E-state index contributed by atoms with van der Waals surface area (Å²) in [5.41, 5.74) is 2.52. The predicted molar refractivity (Wildman–Crippen MR) is 130 cm³/mol. The van der Waals surface area contributed by atoms with Crippen molar-refractivity contribution in [2.45, 2.75) is 33.6 Å². The molecule has 0 atom stereocenters. The van der Waals surface area contributed by atoms with Crippen LogP contribution in [0.15, 0.2) is 48.5 Å². The van der Waals surface area contributed by atoms with E-state index in [1.54, 1.807) is 19.1 Å². The number of hydrogen-bond acceptors (Lipinski definition) is 5. The molecule has 1 fully saturated rings. The van der Waals surface area contributed by atoms with Crippen LogP contribution in [0.3, 0.4) is 0 Å². The summed E-state index contributed by atoms with van der Waals surface area (Å²) in [6, 6.07) is 14.5. The van der Waals surface area contributed by atoms with Gasteiger partial charge in [-0.25, -0.2) is 4.79 Å². The van der Waals surface area contributed by atoms with Crippen molar-refractivity contribution in [3.8, 4) is 0 Å². The van der Waals surface area contributed by atoms with E-state index in [-0.39, 0.29) is 18.4 Å². The number of ether oxygens (including phenoxy) is 1. The quantitative estimate of drug-likeness (QED) is 0.609. The van der Waals surface area contributed by atoms with Gasteiger partial charge in [-0.2, -0.15) is 0 Å². The second-order valence-electron chi connectivity index (χ2n) is 8.58. The lowest BCUT2D eigenvalue weighted by Gasteiger charge is -2.37. The normalized spacial score (nSPS) is 13.7. The Hall–Kier alpha value is -3.35. The van der Waals surface area contributed by atoms with Crippen LogP contribution in [0.2, 0.25) is 0 Å². The number of piperazine rings is 1. The van der Waals surface area contributed by atoms with Crippen LogP contribution < -0.4 is 10.2 Å². The van der Waals surface area contributed by atoms with Gasteiger partial charge in [0.05, 0.1) is 23.5 Å². The summed E-state index contributed by atoms with van der Waals surface area (Å²) in [6.07, 6.45) is 1.21. The number of hydrogen-bond donors (Lipinski definition) is 1. The molecular weight excluding hydrogens is 418 g/mol. The third kappa shape index (κ3) is 6.57. The Kier molecular flexibility index (Phi) is 8.46. The lowest BCUT2D eigenvalue weighted by atomic mass is 10.1. The summed E-state index contributed by atoms with van der Waals surface area (Å²) in [7, 11) is 0. The highest BCUT2D eigenvalue weighted by Gasteiger charge is 2.24. The largest absolute Gasteiger partial charge is 0.462 e. The smallest absolute Gasteiger partial charge is 0.338 e. The summed E-state index contributed by atoms with van der Waals surface area (Å²) in [6.45, 7) is 8.62. The van der Waals surface area contributed by atoms with Gasteiger partial charge in [-0.05, 0) is 49.6 Å². The molecule has 33 heavy (non-hydrogen) atoms. The van der Waals surface area contributed by atoms with Gasteiger partial charge in [0, 0.05) is 38.2 Å². The highest BCUT2D eigenvalue weighted by molar-refractivity contribution is 5.98. The van der Waals surface area contributed by atoms with E-state index in [1.807, 2.05) is 41.3 Å². The molecule has 176 valence electrons. The molecule has 1 saturated heterocycles. The molecule has 0 aliphatic carbocycles. The van der Waals surface area contributed by atoms with Crippen LogP contribution in [-0.4, -0.2) is 55.5 Å². The fraction of sp³-hybridized carbons (Fsp3) is 0.423. The van der Waals surface area contributed by atoms with Crippen LogP contribution in [0.1, 0.15) is 54.3 Å². The lowest BCUT2D eigenvalue weighted by molar-refractivity contribution is -0.116. The van der Waals surface area contributed by atoms with Gasteiger partial charge in [0.15, 0.2) is 0 Å². The zero-order valence-corrected chi connectivity index (χ0v) is 19.7. The Balaban J connectivity index is 1.74. The predicted octanol–water partition coefficient (Wildman–Crippen LogP) is 4.20. The Bertz CT molecular complexity index is 967. The molecule has 2 aromatic rings. The molecule has 1 N–H and O–H groups in total. The number of carbonyl (C=O) groups excluding carboxylic acids is 3. The lowest BCUT2D eigenvalue weighted by Crippen LogP contribution is -2.49. The monoisotopic (exact) mass is 451 g/mol. The molecule has 2 amide bonds. The average molecular weight is 452 g/mol. The summed E-state index contributed by atoms with van der Waals surface area (Å²) < 4.78 is 5.13. The van der Waals surface area contributed by atoms with Crippen molar-refractivity contribution in [3.05, 3.63) is 59.7 Å². The minimum atomic E-state index is -0.417. The van der Waals surface area contributed by atoms with Crippen LogP contribution >= 0.6 is 0 Å². The standard InChI is InChI=1S/C26H33N3O4/c1-4-33-26(32)21-11-12-23(22(18-21)27-24(30)13-10-19(2)3)28-14-16-29(17-15-28)25(31)20-8-6-5-7-9-20/h5-9,11-12,18-19H,4,10,13-17H2,1-3H3,(H,27,30). The van der Waals surface area contributed by atoms with Gasteiger partial charge >= 0.3 is 5.97 Å². The first-order valence-corrected chi connectivity index (χ1v) is 11.6. The molecule has 0 unspecified atom stereocenters. The second kappa shape index (κ2) is 11.5. The van der Waals surface area contributed by atoms with Crippen LogP contribution in [0, 0.1) is 5.92 Å². The maximum atomic E-state index is 12.8. The topological polar surface area (TPSA) is 79.0 Å². The Morgan fingerprint density at radius 3 is 2.30 bits per heavy atom. The first-order chi connectivity index (χ1) is 15.9. The third-order valence-corrected chi connectivity index (χ3v) is 5.66. The second-order valence-corrected chi connectivity index (χ2v) is 8.58. The van der Waals surface area contributed by atoms with E-state index in [2.05, 4.69) is 24.1 Å². The van der Waals surface area contributed by atoms with Gasteiger partial charge in [-0.1, -0.05) is 32.0 Å². The molecule has 1 aliphatic heterocycles. The molecule has 0 spiro atoms. The third-order valence-electron chi connectivity index (χ3n) is 5.66. The maximum Gasteiger partial charge on any atom is 0.338 e. The van der Waals surface area contributed by atoms with Crippen molar-refractivity contribution < 1.29 is 19.1 Å². The van der Waals surface area contributed by atoms with Gasteiger partial charge < -0.3 is 19.9 Å². The van der Waals surface area contributed by atoms with Crippen molar-refractivity contribution in [2.24, 2.45) is 5.92 Å². The molecule has 0 aromatic heterocycles. The van der Waals surface area contributed by atoms with E-state index in [1.165, 1.54) is 0 Å². The Labute approximate surface area is 195 Å². The summed E-state index contributed by atoms with van der Waals surface area (Å²) in [5, 5.41) is 2.99. The number of nitrogens with zero attached hydrogens (tertiary/aromatic N) is 2. The molecule has 0 saturated carbocycles. The molecule has 7 nitrogen and oxygen atoms in total. The molecule has 2 aromatic carbocycles. The molecule has 7 heteroatoms. The van der Waals surface area contributed by atoms with Crippen molar-refractivity contribution in [1.82, 2.24) is 4.90 Å². The molecule has 1 aliphatic rings. The SMILES string of the molecule is CCOC(=O)c1ccc(N2CCN(C(=O)c3ccccc3)CC2)c(NC(=O)CCC(C)C)c1. The van der Waals surface area contributed by atoms with Crippen LogP contribution in [0.5, 0.6) is 0 Å². The number of esters is 1. The van der Waals surface area contributed by atoms with Crippen LogP contribution in [-0.2, 0) is 9.53 Å². The number of anilines is 2. The van der Waals surface area contributed by atoms with E-state index < -0.39 is 5.97 Å². The molecule has 0 bridgehead atoms. The van der Waals surface area contributed by atoms with Crippen molar-refractivity contribution in [1.29, 1.82) is 0 Å². The van der Waals surface area contributed by atoms with Gasteiger partial charge in [0.1, 0.15) is 0 Å². The Morgan fingerprint density at radius 2 is 1.67 bits per heavy atom. The summed E-state index contributed by atoms with van der Waals surface area (Å²) >= 11 is 0. The summed E-state index contributed by atoms with van der Waals surface area (Å²) in [5.74, 6) is -0.0460. The first kappa shape index (κ1) is 24.3. The first-order valence-electron chi connectivity index (χ1n) is 11.6. The van der Waals surface area contributed by atoms with Gasteiger partial charge in [0.25, 0.3) is 5.91 Å². The van der Waals surface area contributed by atoms with Crippen molar-refractivity contribution in [3.63, 3.8) is 0 Å². The van der Waals surface area contributed by atoms with E-state index in [0.717, 1.165) is 12.1 Å². The average Bonchev–Trinajstić information content (AvgIpc) is 2.83. The Morgan fingerprint density at radius 1 is 0.970 bits per heavy atom. The molecule has 0 radical (unpaired) electrons. The van der Waals surface area contributed by atoms with E-state index in [9.17, 15) is 14.4 Å². The fourth-order valence-corrected chi connectivity index (χ4v) is 3.80. The number of nitrogens with one attached hydrogen (secondary N) is 1. The molecule has 3 rings (SSSR count). The van der Waals surface area contributed by atoms with Gasteiger partial charge in [-0.15, -0.1) is 0 Å². The molecular formula is C26H33N3O4. The van der Waals surface area contributed by atoms with Crippen LogP contribution in [0.25, 0.3) is 0 Å². The number of benzene rings is 2. The van der Waals surface area contributed by atoms with E-state index in [0.29, 0.717) is 55.3 Å². The highest BCUT2D eigenvalue weighted by atomic mass is 16.5. The number of carbonyl (C=O) groups is 3. The van der Waals surface area contributed by atoms with E-state index in [4.69, 9.17) is 4.74 Å². The van der Waals surface area contributed by atoms with E-state index >= 15 is 0 Å². The van der Waals surface area contributed by atoms with Crippen LogP contribution in [0.4, 0.5) is 11.4 Å². The zero-order chi connectivity index (χ0) is 23.8. The summed E-state index contributed by atoms with van der Waals surface area (Å²) in [4.78, 5) is 41.6. The number of amides is 2. The van der Waals surface area contributed by atoms with Gasteiger partial charge in [-0.3, -0.25) is 9.59 Å². The maximum absolute atomic E-state index is 12.8. The highest BCUT2D eigenvalue weighted by Crippen LogP contribution is 2.29. The molecule has 1 heterocycles. The minimum Gasteiger partial charge on any atom is -0.462 e. The zero-order valence-electron chi connectivity index (χ0n) is 19.7. The van der Waals surface area contributed by atoms with Crippen molar-refractivity contribution in [2.75, 3.05) is 43.0 Å². The fourth-order valence-electron chi connectivity index (χ4n) is 3.80. The number of rotatable bonds is 8. The van der Waals surface area contributed by atoms with Gasteiger partial charge in [0.2, 0.25) is 5.91 Å². The van der Waals surface area contributed by atoms with Crippen molar-refractivity contribution >= 4 is 29.2 Å².